The molecule has 2 aromatic rings. The minimum atomic E-state index is -0.533. The first kappa shape index (κ1) is 16.0. The van der Waals surface area contributed by atoms with Gasteiger partial charge in [0, 0.05) is 24.6 Å². The van der Waals surface area contributed by atoms with Gasteiger partial charge in [-0.2, -0.15) is 0 Å². The summed E-state index contributed by atoms with van der Waals surface area (Å²) in [5.41, 5.74) is 1.19. The second kappa shape index (κ2) is 6.40. The number of fused-ring (bicyclic) bond motifs is 1. The highest BCUT2D eigenvalue weighted by molar-refractivity contribution is 5.94. The molecule has 25 heavy (non-hydrogen) atoms. The second-order valence-electron chi connectivity index (χ2n) is 6.52. The first-order chi connectivity index (χ1) is 12.1. The normalized spacial score (nSPS) is 19.7. The highest BCUT2D eigenvalue weighted by atomic mass is 19.1. The first-order valence-electron chi connectivity index (χ1n) is 8.50. The second-order valence-corrected chi connectivity index (χ2v) is 6.52. The Bertz CT molecular complexity index is 874. The lowest BCUT2D eigenvalue weighted by Gasteiger charge is -2.28. The van der Waals surface area contributed by atoms with Gasteiger partial charge in [0.05, 0.1) is 17.8 Å². The molecule has 2 aliphatic rings. The van der Waals surface area contributed by atoms with E-state index in [9.17, 15) is 14.0 Å². The van der Waals surface area contributed by atoms with Crippen molar-refractivity contribution in [1.82, 2.24) is 20.2 Å². The maximum absolute atomic E-state index is 13.9. The Kier molecular flexibility index (Phi) is 4.09. The molecule has 3 heterocycles. The Balaban J connectivity index is 1.63. The molecule has 1 fully saturated rings. The van der Waals surface area contributed by atoms with E-state index < -0.39 is 5.82 Å². The third kappa shape index (κ3) is 2.95. The SMILES string of the molecule is O=C(c1ccccc1F)N1CCc2c(nc([C@H]3CCNC3)[nH]c2=O)C1. The number of carbonyl (C=O) groups excluding carboxylic acids is 1. The largest absolute Gasteiger partial charge is 0.332 e. The standard InChI is InChI=1S/C18H19FN4O2/c19-14-4-2-1-3-12(14)18(25)23-8-6-13-15(10-23)21-16(22-17(13)24)11-5-7-20-9-11/h1-4,11,20H,5-10H2,(H,21,22,24)/t11-/m0/s1. The molecule has 1 amide bonds. The lowest BCUT2D eigenvalue weighted by Crippen LogP contribution is -2.40. The molecule has 7 heteroatoms. The monoisotopic (exact) mass is 342 g/mol. The Morgan fingerprint density at radius 2 is 2.16 bits per heavy atom. The predicted octanol–water partition coefficient (Wildman–Crippen LogP) is 1.18. The lowest BCUT2D eigenvalue weighted by atomic mass is 10.0. The molecule has 0 radical (unpaired) electrons. The molecular weight excluding hydrogens is 323 g/mol. The van der Waals surface area contributed by atoms with Crippen molar-refractivity contribution in [3.63, 3.8) is 0 Å². The summed E-state index contributed by atoms with van der Waals surface area (Å²) in [7, 11) is 0. The smallest absolute Gasteiger partial charge is 0.257 e. The van der Waals surface area contributed by atoms with Crippen molar-refractivity contribution in [2.75, 3.05) is 19.6 Å². The molecule has 1 aromatic heterocycles. The van der Waals surface area contributed by atoms with Crippen LogP contribution in [0.4, 0.5) is 4.39 Å². The summed E-state index contributed by atoms with van der Waals surface area (Å²) in [4.78, 5) is 34.1. The average molecular weight is 342 g/mol. The molecule has 1 aromatic carbocycles. The Labute approximate surface area is 144 Å². The van der Waals surface area contributed by atoms with Gasteiger partial charge in [-0.1, -0.05) is 12.1 Å². The number of rotatable bonds is 2. The predicted molar refractivity (Wildman–Crippen MR) is 89.9 cm³/mol. The van der Waals surface area contributed by atoms with E-state index in [0.29, 0.717) is 30.0 Å². The van der Waals surface area contributed by atoms with Crippen LogP contribution < -0.4 is 10.9 Å². The van der Waals surface area contributed by atoms with Gasteiger partial charge in [0.15, 0.2) is 0 Å². The number of amides is 1. The van der Waals surface area contributed by atoms with Gasteiger partial charge >= 0.3 is 0 Å². The van der Waals surface area contributed by atoms with Gasteiger partial charge in [-0.05, 0) is 31.5 Å². The zero-order chi connectivity index (χ0) is 17.4. The molecule has 1 atom stereocenters. The van der Waals surface area contributed by atoms with E-state index in [2.05, 4.69) is 15.3 Å². The molecule has 0 saturated carbocycles. The van der Waals surface area contributed by atoms with Gasteiger partial charge in [0.25, 0.3) is 11.5 Å². The van der Waals surface area contributed by atoms with E-state index in [1.165, 1.54) is 12.1 Å². The number of H-pyrrole nitrogens is 1. The minimum Gasteiger partial charge on any atom is -0.332 e. The Hall–Kier alpha value is -2.54. The van der Waals surface area contributed by atoms with E-state index in [4.69, 9.17) is 0 Å². The molecule has 0 aliphatic carbocycles. The van der Waals surface area contributed by atoms with Crippen molar-refractivity contribution < 1.29 is 9.18 Å². The fourth-order valence-electron chi connectivity index (χ4n) is 3.52. The highest BCUT2D eigenvalue weighted by Gasteiger charge is 2.28. The lowest BCUT2D eigenvalue weighted by molar-refractivity contribution is 0.0726. The Morgan fingerprint density at radius 3 is 2.92 bits per heavy atom. The van der Waals surface area contributed by atoms with Crippen molar-refractivity contribution in [3.05, 3.63) is 63.1 Å². The van der Waals surface area contributed by atoms with Crippen molar-refractivity contribution in [3.8, 4) is 0 Å². The highest BCUT2D eigenvalue weighted by Crippen LogP contribution is 2.22. The quantitative estimate of drug-likeness (QED) is 0.859. The summed E-state index contributed by atoms with van der Waals surface area (Å²) < 4.78 is 13.9. The summed E-state index contributed by atoms with van der Waals surface area (Å²) in [6, 6.07) is 5.95. The number of benzene rings is 1. The van der Waals surface area contributed by atoms with Crippen LogP contribution >= 0.6 is 0 Å². The van der Waals surface area contributed by atoms with Crippen LogP contribution in [-0.4, -0.2) is 40.4 Å². The van der Waals surface area contributed by atoms with Gasteiger partial charge < -0.3 is 15.2 Å². The molecule has 1 saturated heterocycles. The van der Waals surface area contributed by atoms with Gasteiger partial charge in [-0.25, -0.2) is 9.37 Å². The van der Waals surface area contributed by atoms with Gasteiger partial charge in [-0.3, -0.25) is 9.59 Å². The van der Waals surface area contributed by atoms with E-state index in [1.54, 1.807) is 17.0 Å². The first-order valence-corrected chi connectivity index (χ1v) is 8.50. The van der Waals surface area contributed by atoms with Gasteiger partial charge in [0.1, 0.15) is 11.6 Å². The van der Waals surface area contributed by atoms with Crippen molar-refractivity contribution in [2.24, 2.45) is 0 Å². The molecule has 0 spiro atoms. The van der Waals surface area contributed by atoms with E-state index in [0.717, 1.165) is 19.5 Å². The molecule has 2 N–H and O–H groups in total. The summed E-state index contributed by atoms with van der Waals surface area (Å²) in [5, 5.41) is 3.26. The van der Waals surface area contributed by atoms with Gasteiger partial charge in [-0.15, -0.1) is 0 Å². The van der Waals surface area contributed by atoms with Crippen LogP contribution in [0.2, 0.25) is 0 Å². The zero-order valence-corrected chi connectivity index (χ0v) is 13.7. The van der Waals surface area contributed by atoms with E-state index in [1.807, 2.05) is 0 Å². The van der Waals surface area contributed by atoms with E-state index in [-0.39, 0.29) is 29.5 Å². The molecule has 0 unspecified atom stereocenters. The zero-order valence-electron chi connectivity index (χ0n) is 13.7. The third-order valence-corrected chi connectivity index (χ3v) is 4.93. The number of nitrogens with zero attached hydrogens (tertiary/aromatic N) is 2. The molecule has 130 valence electrons. The van der Waals surface area contributed by atoms with Crippen molar-refractivity contribution in [1.29, 1.82) is 0 Å². The fraction of sp³-hybridized carbons (Fsp3) is 0.389. The summed E-state index contributed by atoms with van der Waals surface area (Å²) >= 11 is 0. The molecule has 6 nitrogen and oxygen atoms in total. The number of aromatic amines is 1. The summed E-state index contributed by atoms with van der Waals surface area (Å²) in [6.07, 6.45) is 1.36. The molecule has 0 bridgehead atoms. The van der Waals surface area contributed by atoms with Crippen LogP contribution in [0.1, 0.15) is 39.8 Å². The van der Waals surface area contributed by atoms with Gasteiger partial charge in [0.2, 0.25) is 0 Å². The molecular formula is C18H19FN4O2. The number of nitrogens with one attached hydrogen (secondary N) is 2. The average Bonchev–Trinajstić information content (AvgIpc) is 3.16. The topological polar surface area (TPSA) is 78.1 Å². The molecule has 4 rings (SSSR count). The fourth-order valence-corrected chi connectivity index (χ4v) is 3.52. The maximum atomic E-state index is 13.9. The van der Waals surface area contributed by atoms with Crippen molar-refractivity contribution in [2.45, 2.75) is 25.3 Å². The minimum absolute atomic E-state index is 0.0519. The number of aromatic nitrogens is 2. The Morgan fingerprint density at radius 1 is 1.32 bits per heavy atom. The number of hydrogen-bond acceptors (Lipinski definition) is 4. The van der Waals surface area contributed by atoms with Crippen LogP contribution in [0.3, 0.4) is 0 Å². The maximum Gasteiger partial charge on any atom is 0.257 e. The summed E-state index contributed by atoms with van der Waals surface area (Å²) in [6.45, 7) is 2.32. The molecule has 2 aliphatic heterocycles. The van der Waals surface area contributed by atoms with Crippen LogP contribution in [0.5, 0.6) is 0 Å². The van der Waals surface area contributed by atoms with Crippen LogP contribution in [0, 0.1) is 5.82 Å². The number of hydrogen-bond donors (Lipinski definition) is 2. The van der Waals surface area contributed by atoms with Crippen LogP contribution in [0.25, 0.3) is 0 Å². The van der Waals surface area contributed by atoms with E-state index >= 15 is 0 Å². The summed E-state index contributed by atoms with van der Waals surface area (Å²) in [5.74, 6) is -0.0330. The third-order valence-electron chi connectivity index (χ3n) is 4.93. The number of carbonyl (C=O) groups is 1. The van der Waals surface area contributed by atoms with Crippen LogP contribution in [-0.2, 0) is 13.0 Å². The van der Waals surface area contributed by atoms with Crippen molar-refractivity contribution >= 4 is 5.91 Å². The van der Waals surface area contributed by atoms with Crippen LogP contribution in [0.15, 0.2) is 29.1 Å². The number of halogens is 1.